The predicted molar refractivity (Wildman–Crippen MR) is 57.4 cm³/mol. The molecule has 1 N–H and O–H groups in total. The van der Waals surface area contributed by atoms with Crippen molar-refractivity contribution < 1.29 is 28.3 Å². The van der Waals surface area contributed by atoms with Crippen molar-refractivity contribution in [3.05, 3.63) is 47.8 Å². The molecule has 0 bridgehead atoms. The Bertz CT molecular complexity index is 523. The number of alkyl halides is 1. The van der Waals surface area contributed by atoms with Gasteiger partial charge in [0.2, 0.25) is 5.78 Å². The molecule has 0 saturated heterocycles. The normalized spacial score (nSPS) is 12.3. The molecule has 0 spiro atoms. The van der Waals surface area contributed by atoms with Crippen LogP contribution in [0.5, 0.6) is 0 Å². The molecule has 0 aromatic heterocycles. The summed E-state index contributed by atoms with van der Waals surface area (Å²) < 4.78 is 26.5. The van der Waals surface area contributed by atoms with Gasteiger partial charge in [0.1, 0.15) is 5.82 Å². The highest BCUT2D eigenvalue weighted by molar-refractivity contribution is 6.37. The van der Waals surface area contributed by atoms with Crippen LogP contribution in [0.25, 0.3) is 0 Å². The number of allylic oxidation sites excluding steroid dienone is 1. The number of carboxylic acids is 1. The number of Topliss-reactive ketones (excluding diaryl/α,β-unsaturated/α-hetero) is 1. The molecule has 0 fully saturated rings. The van der Waals surface area contributed by atoms with Crippen LogP contribution in [-0.4, -0.2) is 28.8 Å². The number of carboxylic acid groups (broad SMARTS) is 1. The molecule has 0 saturated carbocycles. The van der Waals surface area contributed by atoms with Crippen LogP contribution >= 0.6 is 0 Å². The Labute approximate surface area is 101 Å². The second-order valence-corrected chi connectivity index (χ2v) is 3.27. The van der Waals surface area contributed by atoms with Crippen molar-refractivity contribution in [3.8, 4) is 0 Å². The quantitative estimate of drug-likeness (QED) is 0.491. The first-order valence-corrected chi connectivity index (χ1v) is 4.81. The lowest BCUT2D eigenvalue weighted by Crippen LogP contribution is -2.16. The summed E-state index contributed by atoms with van der Waals surface area (Å²) in [5.41, 5.74) is -0.461. The van der Waals surface area contributed by atoms with Crippen molar-refractivity contribution >= 4 is 17.5 Å². The first kappa shape index (κ1) is 13.7. The average molecular weight is 254 g/mol. The lowest BCUT2D eigenvalue weighted by atomic mass is 10.1. The number of benzene rings is 1. The molecule has 0 heterocycles. The molecule has 1 rings (SSSR count). The molecule has 1 aromatic rings. The van der Waals surface area contributed by atoms with E-state index in [0.717, 1.165) is 12.1 Å². The van der Waals surface area contributed by atoms with Crippen LogP contribution in [0.2, 0.25) is 0 Å². The zero-order valence-electron chi connectivity index (χ0n) is 8.97. The molecule has 18 heavy (non-hydrogen) atoms. The highest BCUT2D eigenvalue weighted by Gasteiger charge is 2.20. The Morgan fingerprint density at radius 3 is 2.39 bits per heavy atom. The molecule has 0 unspecified atom stereocenters. The van der Waals surface area contributed by atoms with Crippen molar-refractivity contribution in [2.24, 2.45) is 0 Å². The van der Waals surface area contributed by atoms with Gasteiger partial charge in [-0.25, -0.2) is 13.6 Å². The standard InChI is InChI=1S/C12H8F2O4/c13-8-4-2-1-3-7(8)11(16)9(14)5-6-10(15)12(17)18/h1-6,9H,(H,17,18)/b6-5+/t9-/m1/s1. The monoisotopic (exact) mass is 254 g/mol. The number of carbonyl (C=O) groups is 3. The molecular formula is C12H8F2O4. The molecular weight excluding hydrogens is 246 g/mol. The third-order valence-electron chi connectivity index (χ3n) is 2.02. The maximum atomic E-state index is 13.3. The van der Waals surface area contributed by atoms with E-state index in [0.29, 0.717) is 12.2 Å². The van der Waals surface area contributed by atoms with Gasteiger partial charge < -0.3 is 5.11 Å². The summed E-state index contributed by atoms with van der Waals surface area (Å²) in [7, 11) is 0. The Balaban J connectivity index is 2.83. The third-order valence-corrected chi connectivity index (χ3v) is 2.02. The molecule has 1 atom stereocenters. The van der Waals surface area contributed by atoms with Crippen molar-refractivity contribution in [2.75, 3.05) is 0 Å². The zero-order chi connectivity index (χ0) is 13.7. The largest absolute Gasteiger partial charge is 0.475 e. The maximum absolute atomic E-state index is 13.3. The van der Waals surface area contributed by atoms with Gasteiger partial charge in [-0.05, 0) is 24.3 Å². The van der Waals surface area contributed by atoms with E-state index >= 15 is 0 Å². The van der Waals surface area contributed by atoms with Crippen LogP contribution in [0.15, 0.2) is 36.4 Å². The second kappa shape index (κ2) is 5.81. The Kier molecular flexibility index (Phi) is 4.42. The van der Waals surface area contributed by atoms with Gasteiger partial charge in [0.05, 0.1) is 5.56 Å². The second-order valence-electron chi connectivity index (χ2n) is 3.27. The van der Waals surface area contributed by atoms with E-state index in [1.807, 2.05) is 0 Å². The van der Waals surface area contributed by atoms with E-state index < -0.39 is 35.1 Å². The van der Waals surface area contributed by atoms with Gasteiger partial charge >= 0.3 is 5.97 Å². The minimum absolute atomic E-state index is 0.422. The molecule has 0 radical (unpaired) electrons. The average Bonchev–Trinajstić information content (AvgIpc) is 2.35. The maximum Gasteiger partial charge on any atom is 0.376 e. The number of hydrogen-bond acceptors (Lipinski definition) is 3. The number of rotatable bonds is 5. The van der Waals surface area contributed by atoms with Crippen molar-refractivity contribution in [3.63, 3.8) is 0 Å². The fraction of sp³-hybridized carbons (Fsp3) is 0.0833. The zero-order valence-corrected chi connectivity index (χ0v) is 8.97. The summed E-state index contributed by atoms with van der Waals surface area (Å²) in [6, 6.07) is 4.78. The minimum atomic E-state index is -2.27. The molecule has 0 aliphatic heterocycles. The van der Waals surface area contributed by atoms with Gasteiger partial charge in [0.15, 0.2) is 6.17 Å². The predicted octanol–water partition coefficient (Wildman–Crippen LogP) is 1.56. The van der Waals surface area contributed by atoms with Gasteiger partial charge in [-0.15, -0.1) is 0 Å². The van der Waals surface area contributed by atoms with E-state index in [2.05, 4.69) is 0 Å². The van der Waals surface area contributed by atoms with E-state index in [-0.39, 0.29) is 0 Å². The fourth-order valence-electron chi connectivity index (χ4n) is 1.14. The third kappa shape index (κ3) is 3.31. The van der Waals surface area contributed by atoms with Gasteiger partial charge in [0.25, 0.3) is 5.78 Å². The van der Waals surface area contributed by atoms with Crippen LogP contribution in [0.1, 0.15) is 10.4 Å². The summed E-state index contributed by atoms with van der Waals surface area (Å²) in [6.45, 7) is 0. The fourth-order valence-corrected chi connectivity index (χ4v) is 1.14. The van der Waals surface area contributed by atoms with E-state index in [9.17, 15) is 23.2 Å². The Hall–Kier alpha value is -2.37. The molecule has 0 amide bonds. The number of ketones is 2. The van der Waals surface area contributed by atoms with Crippen LogP contribution in [0, 0.1) is 5.82 Å². The first-order chi connectivity index (χ1) is 8.43. The highest BCUT2D eigenvalue weighted by Crippen LogP contribution is 2.11. The summed E-state index contributed by atoms with van der Waals surface area (Å²) in [5, 5.41) is 8.23. The van der Waals surface area contributed by atoms with Gasteiger partial charge in [-0.1, -0.05) is 12.1 Å². The van der Waals surface area contributed by atoms with Crippen molar-refractivity contribution in [1.82, 2.24) is 0 Å². The Morgan fingerprint density at radius 2 is 1.83 bits per heavy atom. The number of hydrogen-bond donors (Lipinski definition) is 1. The van der Waals surface area contributed by atoms with Gasteiger partial charge in [0, 0.05) is 0 Å². The van der Waals surface area contributed by atoms with Crippen LogP contribution in [0.3, 0.4) is 0 Å². The summed E-state index contributed by atoms with van der Waals surface area (Å²) in [6.07, 6.45) is -1.37. The minimum Gasteiger partial charge on any atom is -0.475 e. The van der Waals surface area contributed by atoms with Gasteiger partial charge in [-0.3, -0.25) is 9.59 Å². The molecule has 0 aliphatic rings. The van der Waals surface area contributed by atoms with Gasteiger partial charge in [-0.2, -0.15) is 0 Å². The van der Waals surface area contributed by atoms with Crippen LogP contribution < -0.4 is 0 Å². The van der Waals surface area contributed by atoms with Crippen LogP contribution in [0.4, 0.5) is 8.78 Å². The molecule has 4 nitrogen and oxygen atoms in total. The number of carbonyl (C=O) groups excluding carboxylic acids is 2. The van der Waals surface area contributed by atoms with E-state index in [4.69, 9.17) is 5.11 Å². The highest BCUT2D eigenvalue weighted by atomic mass is 19.1. The van der Waals surface area contributed by atoms with Crippen LogP contribution in [-0.2, 0) is 9.59 Å². The summed E-state index contributed by atoms with van der Waals surface area (Å²) in [4.78, 5) is 32.2. The summed E-state index contributed by atoms with van der Waals surface area (Å²) >= 11 is 0. The van der Waals surface area contributed by atoms with E-state index in [1.165, 1.54) is 12.1 Å². The lowest BCUT2D eigenvalue weighted by molar-refractivity contribution is -0.146. The molecule has 6 heteroatoms. The first-order valence-electron chi connectivity index (χ1n) is 4.81. The molecule has 94 valence electrons. The smallest absolute Gasteiger partial charge is 0.376 e. The molecule has 0 aliphatic carbocycles. The lowest BCUT2D eigenvalue weighted by Gasteiger charge is -2.03. The SMILES string of the molecule is O=C(O)C(=O)/C=C/[C@@H](F)C(=O)c1ccccc1F. The van der Waals surface area contributed by atoms with Crippen molar-refractivity contribution in [2.45, 2.75) is 6.17 Å². The van der Waals surface area contributed by atoms with E-state index in [1.54, 1.807) is 0 Å². The van der Waals surface area contributed by atoms with Crippen molar-refractivity contribution in [1.29, 1.82) is 0 Å². The topological polar surface area (TPSA) is 71.4 Å². The number of aliphatic carboxylic acids is 1. The summed E-state index contributed by atoms with van der Waals surface area (Å²) in [5.74, 6) is -5.19. The molecule has 1 aromatic carbocycles. The number of halogens is 2. The Morgan fingerprint density at radius 1 is 1.22 bits per heavy atom.